The monoisotopic (exact) mass is 250 g/mol. The Morgan fingerprint density at radius 1 is 1.22 bits per heavy atom. The van der Waals surface area contributed by atoms with Crippen molar-refractivity contribution in [2.45, 2.75) is 64.3 Å². The first-order chi connectivity index (χ1) is 8.55. The molecule has 4 saturated carbocycles. The van der Waals surface area contributed by atoms with E-state index in [9.17, 15) is 5.11 Å². The van der Waals surface area contributed by atoms with Gasteiger partial charge in [-0.2, -0.15) is 0 Å². The van der Waals surface area contributed by atoms with E-state index in [1.807, 2.05) is 6.92 Å². The van der Waals surface area contributed by atoms with Crippen molar-refractivity contribution >= 4 is 0 Å². The largest absolute Gasteiger partial charge is 0.364 e. The van der Waals surface area contributed by atoms with Crippen LogP contribution < -0.4 is 0 Å². The lowest BCUT2D eigenvalue weighted by atomic mass is 9.49. The van der Waals surface area contributed by atoms with Gasteiger partial charge in [-0.3, -0.25) is 0 Å². The van der Waals surface area contributed by atoms with Gasteiger partial charge in [-0.05, 0) is 74.7 Å². The third-order valence-electron chi connectivity index (χ3n) is 5.83. The van der Waals surface area contributed by atoms with Crippen LogP contribution in [0.25, 0.3) is 0 Å². The van der Waals surface area contributed by atoms with Gasteiger partial charge < -0.3 is 9.84 Å². The molecule has 1 atom stereocenters. The summed E-state index contributed by atoms with van der Waals surface area (Å²) in [5.74, 6) is 3.23. The molecule has 2 nitrogen and oxygen atoms in total. The standard InChI is InChI=1S/C16H26O2/c1-4-16(18-15(17)10(2)3)13-6-11-5-12(8-13)9-14(16)7-11/h11-15,17H,2,4-9H2,1,3H3. The third-order valence-corrected chi connectivity index (χ3v) is 5.83. The summed E-state index contributed by atoms with van der Waals surface area (Å²) < 4.78 is 6.18. The minimum absolute atomic E-state index is 0.0637. The number of hydrogen-bond acceptors (Lipinski definition) is 2. The Kier molecular flexibility index (Phi) is 3.06. The fraction of sp³-hybridized carbons (Fsp3) is 0.875. The van der Waals surface area contributed by atoms with Gasteiger partial charge in [0.1, 0.15) is 0 Å². The summed E-state index contributed by atoms with van der Waals surface area (Å²) in [7, 11) is 0. The first kappa shape index (κ1) is 12.7. The van der Waals surface area contributed by atoms with Crippen molar-refractivity contribution in [3.63, 3.8) is 0 Å². The normalized spacial score (nSPS) is 47.3. The smallest absolute Gasteiger partial charge is 0.177 e. The van der Waals surface area contributed by atoms with Crippen LogP contribution in [0.4, 0.5) is 0 Å². The summed E-state index contributed by atoms with van der Waals surface area (Å²) in [6, 6.07) is 0. The molecular weight excluding hydrogens is 224 g/mol. The van der Waals surface area contributed by atoms with Gasteiger partial charge in [0.2, 0.25) is 0 Å². The van der Waals surface area contributed by atoms with Crippen molar-refractivity contribution in [2.24, 2.45) is 23.7 Å². The fourth-order valence-electron chi connectivity index (χ4n) is 5.14. The summed E-state index contributed by atoms with van der Waals surface area (Å²) in [4.78, 5) is 0. The first-order valence-corrected chi connectivity index (χ1v) is 7.56. The van der Waals surface area contributed by atoms with Crippen LogP contribution in [-0.2, 0) is 4.74 Å². The van der Waals surface area contributed by atoms with Crippen LogP contribution in [-0.4, -0.2) is 17.0 Å². The van der Waals surface area contributed by atoms with Crippen LogP contribution in [0, 0.1) is 23.7 Å². The van der Waals surface area contributed by atoms with Crippen molar-refractivity contribution in [2.75, 3.05) is 0 Å². The maximum absolute atomic E-state index is 10.1. The molecular formula is C16H26O2. The molecule has 18 heavy (non-hydrogen) atoms. The van der Waals surface area contributed by atoms with Gasteiger partial charge in [-0.25, -0.2) is 0 Å². The lowest BCUT2D eigenvalue weighted by molar-refractivity contribution is -0.259. The Morgan fingerprint density at radius 3 is 2.11 bits per heavy atom. The van der Waals surface area contributed by atoms with Gasteiger partial charge in [0.15, 0.2) is 6.29 Å². The summed E-state index contributed by atoms with van der Waals surface area (Å²) in [6.07, 6.45) is 7.01. The number of rotatable bonds is 4. The molecule has 0 saturated heterocycles. The molecule has 0 aliphatic heterocycles. The van der Waals surface area contributed by atoms with Gasteiger partial charge in [0, 0.05) is 0 Å². The SMILES string of the molecule is C=C(C)C(O)OC1(CC)C2CC3CC(C2)CC1C3. The minimum Gasteiger partial charge on any atom is -0.364 e. The third kappa shape index (κ3) is 1.77. The molecule has 0 heterocycles. The molecule has 0 aromatic carbocycles. The summed E-state index contributed by atoms with van der Waals surface area (Å²) in [5.41, 5.74) is 0.669. The van der Waals surface area contributed by atoms with Crippen molar-refractivity contribution in [3.05, 3.63) is 12.2 Å². The van der Waals surface area contributed by atoms with E-state index in [1.54, 1.807) is 0 Å². The maximum Gasteiger partial charge on any atom is 0.177 e. The zero-order valence-electron chi connectivity index (χ0n) is 11.7. The number of ether oxygens (including phenoxy) is 1. The van der Waals surface area contributed by atoms with Gasteiger partial charge >= 0.3 is 0 Å². The molecule has 0 radical (unpaired) electrons. The van der Waals surface area contributed by atoms with Gasteiger partial charge in [-0.15, -0.1) is 0 Å². The summed E-state index contributed by atoms with van der Waals surface area (Å²) >= 11 is 0. The Balaban J connectivity index is 1.84. The highest BCUT2D eigenvalue weighted by Gasteiger charge is 2.57. The topological polar surface area (TPSA) is 29.5 Å². The van der Waals surface area contributed by atoms with E-state index >= 15 is 0 Å². The minimum atomic E-state index is -0.775. The lowest BCUT2D eigenvalue weighted by Crippen LogP contribution is -2.59. The molecule has 4 bridgehead atoms. The molecule has 2 heteroatoms. The average Bonchev–Trinajstić information content (AvgIpc) is 2.32. The van der Waals surface area contributed by atoms with E-state index < -0.39 is 6.29 Å². The van der Waals surface area contributed by atoms with E-state index in [0.29, 0.717) is 11.8 Å². The molecule has 4 aliphatic rings. The van der Waals surface area contributed by atoms with Crippen molar-refractivity contribution in [1.29, 1.82) is 0 Å². The highest BCUT2D eigenvalue weighted by Crippen LogP contribution is 2.60. The first-order valence-electron chi connectivity index (χ1n) is 7.56. The fourth-order valence-corrected chi connectivity index (χ4v) is 5.14. The van der Waals surface area contributed by atoms with E-state index in [0.717, 1.165) is 23.8 Å². The molecule has 4 fully saturated rings. The predicted octanol–water partition coefficient (Wildman–Crippen LogP) is 3.50. The second kappa shape index (κ2) is 4.35. The molecule has 4 aliphatic carbocycles. The van der Waals surface area contributed by atoms with Crippen LogP contribution in [0.15, 0.2) is 12.2 Å². The number of aliphatic hydroxyl groups excluding tert-OH is 1. The number of hydrogen-bond donors (Lipinski definition) is 1. The van der Waals surface area contributed by atoms with E-state index in [2.05, 4.69) is 13.5 Å². The van der Waals surface area contributed by atoms with Crippen LogP contribution in [0.2, 0.25) is 0 Å². The molecule has 1 N–H and O–H groups in total. The summed E-state index contributed by atoms with van der Waals surface area (Å²) in [6.45, 7) is 7.91. The van der Waals surface area contributed by atoms with Crippen molar-refractivity contribution in [3.8, 4) is 0 Å². The van der Waals surface area contributed by atoms with E-state index in [-0.39, 0.29) is 5.60 Å². The van der Waals surface area contributed by atoms with Crippen LogP contribution in [0.1, 0.15) is 52.4 Å². The highest BCUT2D eigenvalue weighted by atomic mass is 16.6. The van der Waals surface area contributed by atoms with E-state index in [1.165, 1.54) is 32.1 Å². The zero-order valence-corrected chi connectivity index (χ0v) is 11.7. The van der Waals surface area contributed by atoms with Crippen LogP contribution in [0.5, 0.6) is 0 Å². The Labute approximate surface area is 110 Å². The molecule has 0 amide bonds. The molecule has 0 aromatic rings. The molecule has 4 rings (SSSR count). The Hall–Kier alpha value is -0.340. The lowest BCUT2D eigenvalue weighted by Gasteiger charge is -2.61. The van der Waals surface area contributed by atoms with Crippen LogP contribution >= 0.6 is 0 Å². The Morgan fingerprint density at radius 2 is 1.72 bits per heavy atom. The molecule has 1 unspecified atom stereocenters. The van der Waals surface area contributed by atoms with Gasteiger partial charge in [0.25, 0.3) is 0 Å². The van der Waals surface area contributed by atoms with Crippen molar-refractivity contribution < 1.29 is 9.84 Å². The van der Waals surface area contributed by atoms with Gasteiger partial charge in [-0.1, -0.05) is 13.5 Å². The molecule has 102 valence electrons. The maximum atomic E-state index is 10.1. The highest BCUT2D eigenvalue weighted by molar-refractivity contribution is 5.08. The van der Waals surface area contributed by atoms with Crippen molar-refractivity contribution in [1.82, 2.24) is 0 Å². The predicted molar refractivity (Wildman–Crippen MR) is 72.0 cm³/mol. The van der Waals surface area contributed by atoms with E-state index in [4.69, 9.17) is 4.74 Å². The summed E-state index contributed by atoms with van der Waals surface area (Å²) in [5, 5.41) is 10.1. The Bertz CT molecular complexity index is 319. The van der Waals surface area contributed by atoms with Gasteiger partial charge in [0.05, 0.1) is 5.60 Å². The zero-order chi connectivity index (χ0) is 12.9. The molecule has 0 aromatic heterocycles. The second-order valence-electron chi connectivity index (χ2n) is 6.93. The second-order valence-corrected chi connectivity index (χ2v) is 6.93. The number of aliphatic hydroxyl groups is 1. The van der Waals surface area contributed by atoms with Crippen LogP contribution in [0.3, 0.4) is 0 Å². The average molecular weight is 250 g/mol. The molecule has 0 spiro atoms. The quantitative estimate of drug-likeness (QED) is 0.611.